The zero-order chi connectivity index (χ0) is 15.2. The van der Waals surface area contributed by atoms with Crippen LogP contribution in [0.25, 0.3) is 11.5 Å². The predicted molar refractivity (Wildman–Crippen MR) is 85.0 cm³/mol. The summed E-state index contributed by atoms with van der Waals surface area (Å²) in [6.07, 6.45) is 10.3. The van der Waals surface area contributed by atoms with E-state index in [9.17, 15) is 4.79 Å². The first kappa shape index (κ1) is 14.8. The Morgan fingerprint density at radius 1 is 1.23 bits per heavy atom. The number of furan rings is 1. The third-order valence-electron chi connectivity index (χ3n) is 4.32. The van der Waals surface area contributed by atoms with Crippen molar-refractivity contribution in [3.8, 4) is 11.5 Å². The molecule has 0 aromatic carbocycles. The van der Waals surface area contributed by atoms with Gasteiger partial charge in [0.05, 0.1) is 6.26 Å². The van der Waals surface area contributed by atoms with E-state index in [0.717, 1.165) is 17.0 Å². The maximum absolute atomic E-state index is 12.1. The molecule has 3 rings (SSSR count). The molecule has 0 radical (unpaired) electrons. The quantitative estimate of drug-likeness (QED) is 0.910. The van der Waals surface area contributed by atoms with Crippen LogP contribution < -0.4 is 5.32 Å². The lowest BCUT2D eigenvalue weighted by molar-refractivity contribution is -0.122. The first-order valence-corrected chi connectivity index (χ1v) is 8.07. The molecule has 0 saturated heterocycles. The van der Waals surface area contributed by atoms with E-state index in [1.165, 1.54) is 32.1 Å². The van der Waals surface area contributed by atoms with Crippen LogP contribution in [0.15, 0.2) is 41.1 Å². The number of hydrogen-bond acceptors (Lipinski definition) is 3. The number of carbonyl (C=O) groups is 1. The van der Waals surface area contributed by atoms with Crippen molar-refractivity contribution in [2.45, 2.75) is 45.1 Å². The lowest BCUT2D eigenvalue weighted by Gasteiger charge is -2.20. The molecular weight excluding hydrogens is 276 g/mol. The van der Waals surface area contributed by atoms with Gasteiger partial charge in [-0.1, -0.05) is 25.3 Å². The van der Waals surface area contributed by atoms with Gasteiger partial charge in [-0.05, 0) is 37.0 Å². The number of nitrogens with one attached hydrogen (secondary N) is 1. The van der Waals surface area contributed by atoms with Crippen molar-refractivity contribution in [1.29, 1.82) is 0 Å². The van der Waals surface area contributed by atoms with Crippen molar-refractivity contribution in [2.75, 3.05) is 0 Å². The highest BCUT2D eigenvalue weighted by atomic mass is 16.3. The SMILES string of the molecule is O=C(CC1CCCCC1)NCc1cccnc1-c1ccco1. The van der Waals surface area contributed by atoms with Crippen molar-refractivity contribution < 1.29 is 9.21 Å². The molecule has 1 amide bonds. The van der Waals surface area contributed by atoms with Crippen LogP contribution in [0.5, 0.6) is 0 Å². The van der Waals surface area contributed by atoms with Crippen molar-refractivity contribution >= 4 is 5.91 Å². The summed E-state index contributed by atoms with van der Waals surface area (Å²) in [6.45, 7) is 0.495. The number of hydrogen-bond donors (Lipinski definition) is 1. The molecule has 0 aliphatic heterocycles. The predicted octanol–water partition coefficient (Wildman–Crippen LogP) is 3.93. The fourth-order valence-corrected chi connectivity index (χ4v) is 3.14. The number of rotatable bonds is 5. The molecule has 4 heteroatoms. The molecule has 22 heavy (non-hydrogen) atoms. The molecule has 1 saturated carbocycles. The van der Waals surface area contributed by atoms with E-state index in [2.05, 4.69) is 10.3 Å². The van der Waals surface area contributed by atoms with Crippen LogP contribution in [0.4, 0.5) is 0 Å². The molecule has 1 N–H and O–H groups in total. The average Bonchev–Trinajstić information content (AvgIpc) is 3.08. The van der Waals surface area contributed by atoms with Gasteiger partial charge in [-0.25, -0.2) is 0 Å². The number of amides is 1. The molecule has 2 aromatic rings. The zero-order valence-electron chi connectivity index (χ0n) is 12.8. The Bertz CT molecular complexity index is 601. The van der Waals surface area contributed by atoms with Crippen LogP contribution in [-0.2, 0) is 11.3 Å². The third-order valence-corrected chi connectivity index (χ3v) is 4.32. The van der Waals surface area contributed by atoms with Crippen molar-refractivity contribution in [1.82, 2.24) is 10.3 Å². The van der Waals surface area contributed by atoms with Crippen LogP contribution in [0.2, 0.25) is 0 Å². The Hall–Kier alpha value is -2.10. The Labute approximate surface area is 130 Å². The van der Waals surface area contributed by atoms with E-state index in [0.29, 0.717) is 18.9 Å². The second kappa shape index (κ2) is 7.25. The van der Waals surface area contributed by atoms with Crippen LogP contribution in [0.3, 0.4) is 0 Å². The summed E-state index contributed by atoms with van der Waals surface area (Å²) in [7, 11) is 0. The fraction of sp³-hybridized carbons (Fsp3) is 0.444. The maximum Gasteiger partial charge on any atom is 0.220 e. The summed E-state index contributed by atoms with van der Waals surface area (Å²) < 4.78 is 5.41. The fourth-order valence-electron chi connectivity index (χ4n) is 3.14. The Morgan fingerprint density at radius 2 is 2.09 bits per heavy atom. The molecule has 2 heterocycles. The highest BCUT2D eigenvalue weighted by Gasteiger charge is 2.17. The standard InChI is InChI=1S/C18H22N2O2/c21-17(12-14-6-2-1-3-7-14)20-13-15-8-4-10-19-18(15)16-9-5-11-22-16/h4-5,8-11,14H,1-3,6-7,12-13H2,(H,20,21). The van der Waals surface area contributed by atoms with Gasteiger partial charge in [0.15, 0.2) is 5.76 Å². The minimum atomic E-state index is 0.140. The van der Waals surface area contributed by atoms with Gasteiger partial charge in [-0.2, -0.15) is 0 Å². The summed E-state index contributed by atoms with van der Waals surface area (Å²) in [5, 5.41) is 3.03. The maximum atomic E-state index is 12.1. The van der Waals surface area contributed by atoms with Crippen LogP contribution in [0.1, 0.15) is 44.1 Å². The van der Waals surface area contributed by atoms with E-state index >= 15 is 0 Å². The highest BCUT2D eigenvalue weighted by molar-refractivity contribution is 5.76. The molecule has 0 atom stereocenters. The molecule has 1 aliphatic carbocycles. The summed E-state index contributed by atoms with van der Waals surface area (Å²) in [6, 6.07) is 7.59. The number of pyridine rings is 1. The van der Waals surface area contributed by atoms with E-state index in [-0.39, 0.29) is 5.91 Å². The molecule has 0 unspecified atom stereocenters. The third kappa shape index (κ3) is 3.75. The molecule has 0 spiro atoms. The number of carbonyl (C=O) groups excluding carboxylic acids is 1. The van der Waals surface area contributed by atoms with Gasteiger partial charge in [-0.15, -0.1) is 0 Å². The van der Waals surface area contributed by atoms with E-state index in [1.807, 2.05) is 24.3 Å². The molecule has 0 bridgehead atoms. The van der Waals surface area contributed by atoms with Crippen LogP contribution >= 0.6 is 0 Å². The minimum Gasteiger partial charge on any atom is -0.463 e. The molecule has 1 fully saturated rings. The Balaban J connectivity index is 1.58. The van der Waals surface area contributed by atoms with E-state index < -0.39 is 0 Å². The Morgan fingerprint density at radius 3 is 2.86 bits per heavy atom. The minimum absolute atomic E-state index is 0.140. The van der Waals surface area contributed by atoms with Crippen molar-refractivity contribution in [2.24, 2.45) is 5.92 Å². The second-order valence-electron chi connectivity index (χ2n) is 5.97. The number of nitrogens with zero attached hydrogens (tertiary/aromatic N) is 1. The Kier molecular flexibility index (Phi) is 4.88. The van der Waals surface area contributed by atoms with E-state index in [1.54, 1.807) is 12.5 Å². The second-order valence-corrected chi connectivity index (χ2v) is 5.97. The summed E-state index contributed by atoms with van der Waals surface area (Å²) in [5.74, 6) is 1.44. The van der Waals surface area contributed by atoms with Crippen molar-refractivity contribution in [3.63, 3.8) is 0 Å². The molecule has 116 valence electrons. The first-order valence-electron chi connectivity index (χ1n) is 8.07. The van der Waals surface area contributed by atoms with Crippen molar-refractivity contribution in [3.05, 3.63) is 42.3 Å². The largest absolute Gasteiger partial charge is 0.463 e. The first-order chi connectivity index (χ1) is 10.8. The normalized spacial score (nSPS) is 15.6. The average molecular weight is 298 g/mol. The molecular formula is C18H22N2O2. The summed E-state index contributed by atoms with van der Waals surface area (Å²) in [5.41, 5.74) is 1.78. The van der Waals surface area contributed by atoms with Gasteiger partial charge in [0, 0.05) is 24.7 Å². The van der Waals surface area contributed by atoms with Gasteiger partial charge < -0.3 is 9.73 Å². The van der Waals surface area contributed by atoms with Gasteiger partial charge >= 0.3 is 0 Å². The number of aromatic nitrogens is 1. The lowest BCUT2D eigenvalue weighted by atomic mass is 9.87. The molecule has 2 aromatic heterocycles. The van der Waals surface area contributed by atoms with Gasteiger partial charge in [-0.3, -0.25) is 9.78 Å². The van der Waals surface area contributed by atoms with Gasteiger partial charge in [0.1, 0.15) is 5.69 Å². The molecule has 4 nitrogen and oxygen atoms in total. The van der Waals surface area contributed by atoms with Gasteiger partial charge in [0.25, 0.3) is 0 Å². The smallest absolute Gasteiger partial charge is 0.220 e. The zero-order valence-corrected chi connectivity index (χ0v) is 12.8. The topological polar surface area (TPSA) is 55.1 Å². The van der Waals surface area contributed by atoms with Crippen LogP contribution in [-0.4, -0.2) is 10.9 Å². The summed E-state index contributed by atoms with van der Waals surface area (Å²) >= 11 is 0. The highest BCUT2D eigenvalue weighted by Crippen LogP contribution is 2.26. The van der Waals surface area contributed by atoms with Crippen LogP contribution in [0, 0.1) is 5.92 Å². The van der Waals surface area contributed by atoms with E-state index in [4.69, 9.17) is 4.42 Å². The summed E-state index contributed by atoms with van der Waals surface area (Å²) in [4.78, 5) is 16.5. The molecule has 1 aliphatic rings. The van der Waals surface area contributed by atoms with Gasteiger partial charge in [0.2, 0.25) is 5.91 Å². The lowest BCUT2D eigenvalue weighted by Crippen LogP contribution is -2.26. The monoisotopic (exact) mass is 298 g/mol.